The summed E-state index contributed by atoms with van der Waals surface area (Å²) in [5.74, 6) is -1.37. The molecule has 0 aliphatic carbocycles. The fraction of sp³-hybridized carbons (Fsp3) is 0.350. The summed E-state index contributed by atoms with van der Waals surface area (Å²) >= 11 is 0.923. The topological polar surface area (TPSA) is 102 Å². The van der Waals surface area contributed by atoms with Gasteiger partial charge in [-0.2, -0.15) is 31.0 Å². The summed E-state index contributed by atoms with van der Waals surface area (Å²) in [6.45, 7) is 2.93. The number of thiazole rings is 1. The first-order valence-electron chi connectivity index (χ1n) is 9.94. The molecule has 194 valence electrons. The molecule has 1 aromatic carbocycles. The summed E-state index contributed by atoms with van der Waals surface area (Å²) in [7, 11) is 2.69. The van der Waals surface area contributed by atoms with Gasteiger partial charge in [0, 0.05) is 12.6 Å². The largest absolute Gasteiger partial charge is 0.416 e. The Hall–Kier alpha value is -3.53. The van der Waals surface area contributed by atoms with Crippen molar-refractivity contribution in [2.45, 2.75) is 32.2 Å². The SMILES string of the molecule is CON(C)C(=O)c1cnc(-n2nc(C)nc2[C@H](C)NC(=O)c2cc(C(F)(F)F)cc(C(F)(F)F)c2)s1. The van der Waals surface area contributed by atoms with Crippen LogP contribution in [0.4, 0.5) is 26.3 Å². The van der Waals surface area contributed by atoms with Gasteiger partial charge in [0.25, 0.3) is 11.8 Å². The van der Waals surface area contributed by atoms with Crippen molar-refractivity contribution in [2.75, 3.05) is 14.2 Å². The molecule has 1 atom stereocenters. The maximum Gasteiger partial charge on any atom is 0.416 e. The number of carbonyl (C=O) groups is 2. The maximum absolute atomic E-state index is 13.1. The number of halogens is 6. The molecule has 3 aromatic rings. The summed E-state index contributed by atoms with van der Waals surface area (Å²) in [5.41, 5.74) is -4.07. The van der Waals surface area contributed by atoms with Crippen LogP contribution in [0.1, 0.15) is 55.8 Å². The Morgan fingerprint density at radius 1 is 1.11 bits per heavy atom. The quantitative estimate of drug-likeness (QED) is 0.375. The van der Waals surface area contributed by atoms with E-state index in [9.17, 15) is 35.9 Å². The highest BCUT2D eigenvalue weighted by molar-refractivity contribution is 7.16. The summed E-state index contributed by atoms with van der Waals surface area (Å²) in [6.07, 6.45) is -8.94. The van der Waals surface area contributed by atoms with E-state index in [0.717, 1.165) is 16.4 Å². The van der Waals surface area contributed by atoms with Gasteiger partial charge in [-0.15, -0.1) is 5.10 Å². The molecule has 3 rings (SSSR count). The number of benzene rings is 1. The molecule has 0 saturated heterocycles. The van der Waals surface area contributed by atoms with Crippen LogP contribution in [0.25, 0.3) is 5.13 Å². The lowest BCUT2D eigenvalue weighted by Crippen LogP contribution is -2.29. The summed E-state index contributed by atoms with van der Waals surface area (Å²) in [4.78, 5) is 38.2. The summed E-state index contributed by atoms with van der Waals surface area (Å²) < 4.78 is 80.1. The minimum Gasteiger partial charge on any atom is -0.342 e. The van der Waals surface area contributed by atoms with Gasteiger partial charge in [-0.05, 0) is 32.0 Å². The molecule has 0 radical (unpaired) electrons. The van der Waals surface area contributed by atoms with E-state index >= 15 is 0 Å². The van der Waals surface area contributed by atoms with Crippen LogP contribution in [0.15, 0.2) is 24.4 Å². The number of alkyl halides is 6. The van der Waals surface area contributed by atoms with Crippen LogP contribution in [0.5, 0.6) is 0 Å². The first-order chi connectivity index (χ1) is 16.6. The molecule has 2 amide bonds. The van der Waals surface area contributed by atoms with Gasteiger partial charge < -0.3 is 5.32 Å². The molecule has 2 heterocycles. The Labute approximate surface area is 203 Å². The number of aromatic nitrogens is 4. The third-order valence-electron chi connectivity index (χ3n) is 4.77. The second-order valence-corrected chi connectivity index (χ2v) is 8.42. The number of nitrogens with zero attached hydrogens (tertiary/aromatic N) is 5. The van der Waals surface area contributed by atoms with Crippen LogP contribution < -0.4 is 5.32 Å². The molecular weight excluding hydrogens is 518 g/mol. The van der Waals surface area contributed by atoms with Crippen LogP contribution in [0.3, 0.4) is 0 Å². The van der Waals surface area contributed by atoms with E-state index in [1.807, 2.05) is 0 Å². The average Bonchev–Trinajstić information content (AvgIpc) is 3.43. The number of nitrogens with one attached hydrogen (secondary N) is 1. The van der Waals surface area contributed by atoms with Crippen LogP contribution in [-0.2, 0) is 17.2 Å². The highest BCUT2D eigenvalue weighted by Crippen LogP contribution is 2.36. The molecule has 0 aliphatic heterocycles. The number of aryl methyl sites for hydroxylation is 1. The Kier molecular flexibility index (Phi) is 7.40. The zero-order valence-electron chi connectivity index (χ0n) is 19.0. The van der Waals surface area contributed by atoms with Gasteiger partial charge in [0.1, 0.15) is 10.7 Å². The zero-order valence-corrected chi connectivity index (χ0v) is 19.8. The van der Waals surface area contributed by atoms with Gasteiger partial charge in [0.05, 0.1) is 30.5 Å². The molecule has 0 unspecified atom stereocenters. The van der Waals surface area contributed by atoms with Crippen molar-refractivity contribution in [3.05, 3.63) is 57.6 Å². The normalized spacial score (nSPS) is 12.9. The van der Waals surface area contributed by atoms with E-state index in [0.29, 0.717) is 12.1 Å². The molecule has 0 spiro atoms. The Balaban J connectivity index is 1.91. The van der Waals surface area contributed by atoms with Crippen LogP contribution in [-0.4, -0.2) is 50.8 Å². The molecule has 16 heteroatoms. The average molecular weight is 536 g/mol. The maximum atomic E-state index is 13.1. The Bertz CT molecular complexity index is 1250. The van der Waals surface area contributed by atoms with Crippen molar-refractivity contribution in [1.29, 1.82) is 0 Å². The molecule has 36 heavy (non-hydrogen) atoms. The summed E-state index contributed by atoms with van der Waals surface area (Å²) in [5, 5.41) is 7.64. The van der Waals surface area contributed by atoms with E-state index in [4.69, 9.17) is 4.84 Å². The zero-order chi connectivity index (χ0) is 27.0. The monoisotopic (exact) mass is 536 g/mol. The van der Waals surface area contributed by atoms with Crippen LogP contribution in [0.2, 0.25) is 0 Å². The minimum atomic E-state index is -5.10. The third-order valence-corrected chi connectivity index (χ3v) is 5.73. The van der Waals surface area contributed by atoms with Gasteiger partial charge in [-0.1, -0.05) is 11.3 Å². The van der Waals surface area contributed by atoms with Crippen molar-refractivity contribution >= 4 is 23.2 Å². The van der Waals surface area contributed by atoms with Gasteiger partial charge in [-0.3, -0.25) is 14.4 Å². The number of amides is 2. The molecule has 0 aliphatic rings. The van der Waals surface area contributed by atoms with Crippen LogP contribution >= 0.6 is 11.3 Å². The first kappa shape index (κ1) is 27.1. The van der Waals surface area contributed by atoms with Gasteiger partial charge in [0.2, 0.25) is 5.13 Å². The van der Waals surface area contributed by atoms with Gasteiger partial charge in [-0.25, -0.2) is 15.0 Å². The van der Waals surface area contributed by atoms with Gasteiger partial charge in [0.15, 0.2) is 5.82 Å². The predicted molar refractivity (Wildman–Crippen MR) is 113 cm³/mol. The number of rotatable bonds is 6. The lowest BCUT2D eigenvalue weighted by atomic mass is 10.0. The molecule has 1 N–H and O–H groups in total. The van der Waals surface area contributed by atoms with Crippen molar-refractivity contribution in [3.8, 4) is 5.13 Å². The lowest BCUT2D eigenvalue weighted by molar-refractivity contribution is -0.143. The van der Waals surface area contributed by atoms with Crippen LogP contribution in [0, 0.1) is 6.92 Å². The third kappa shape index (κ3) is 5.81. The van der Waals surface area contributed by atoms with E-state index in [1.165, 1.54) is 38.9 Å². The highest BCUT2D eigenvalue weighted by atomic mass is 32.1. The van der Waals surface area contributed by atoms with Crippen molar-refractivity contribution < 1.29 is 40.8 Å². The Morgan fingerprint density at radius 2 is 1.69 bits per heavy atom. The van der Waals surface area contributed by atoms with E-state index < -0.39 is 46.9 Å². The standard InChI is InChI=1S/C20H18F6N6O3S/c1-9(28-16(33)11-5-12(19(21,22)23)7-13(6-11)20(24,25)26)15-29-10(2)30-32(15)18-27-8-14(36-18)17(34)31(3)35-4/h5-9H,1-4H3,(H,28,33)/t9-/m0/s1. The van der Waals surface area contributed by atoms with E-state index in [2.05, 4.69) is 20.4 Å². The molecule has 2 aromatic heterocycles. The molecule has 9 nitrogen and oxygen atoms in total. The smallest absolute Gasteiger partial charge is 0.342 e. The molecule has 0 fully saturated rings. The van der Waals surface area contributed by atoms with Gasteiger partial charge >= 0.3 is 12.4 Å². The number of hydrogen-bond acceptors (Lipinski definition) is 7. The number of hydrogen-bond donors (Lipinski definition) is 1. The number of carbonyl (C=O) groups excluding carboxylic acids is 2. The number of hydroxylamine groups is 2. The van der Waals surface area contributed by atoms with E-state index in [-0.39, 0.29) is 27.7 Å². The first-order valence-corrected chi connectivity index (χ1v) is 10.8. The second kappa shape index (κ2) is 9.85. The second-order valence-electron chi connectivity index (χ2n) is 7.41. The molecular formula is C20H18F6N6O3S. The summed E-state index contributed by atoms with van der Waals surface area (Å²) in [6, 6.07) is -0.425. The lowest BCUT2D eigenvalue weighted by Gasteiger charge is -2.16. The van der Waals surface area contributed by atoms with E-state index in [1.54, 1.807) is 0 Å². The van der Waals surface area contributed by atoms with Crippen molar-refractivity contribution in [3.63, 3.8) is 0 Å². The van der Waals surface area contributed by atoms with Crippen molar-refractivity contribution in [2.24, 2.45) is 0 Å². The fourth-order valence-corrected chi connectivity index (χ4v) is 3.83. The fourth-order valence-electron chi connectivity index (χ4n) is 2.98. The highest BCUT2D eigenvalue weighted by Gasteiger charge is 2.37. The van der Waals surface area contributed by atoms with Crippen molar-refractivity contribution in [1.82, 2.24) is 30.1 Å². The minimum absolute atomic E-state index is 0.0669. The predicted octanol–water partition coefficient (Wildman–Crippen LogP) is 4.19. The Morgan fingerprint density at radius 3 is 2.22 bits per heavy atom. The molecule has 0 saturated carbocycles. The molecule has 0 bridgehead atoms.